The van der Waals surface area contributed by atoms with E-state index >= 15 is 0 Å². The highest BCUT2D eigenvalue weighted by Gasteiger charge is 2.09. The Morgan fingerprint density at radius 2 is 2.04 bits per heavy atom. The molecule has 0 bridgehead atoms. The van der Waals surface area contributed by atoms with Crippen LogP contribution in [0, 0.1) is 0 Å². The fraction of sp³-hybridized carbons (Fsp3) is 0.632. The number of hydrogen-bond acceptors (Lipinski definition) is 5. The number of pyridine rings is 1. The van der Waals surface area contributed by atoms with Gasteiger partial charge in [0.25, 0.3) is 0 Å². The molecular formula is C19H31ClN6O2. The van der Waals surface area contributed by atoms with Crippen LogP contribution in [-0.4, -0.2) is 93.2 Å². The number of nitrogens with zero attached hydrogens (tertiary/aromatic N) is 4. The van der Waals surface area contributed by atoms with Crippen LogP contribution < -0.4 is 10.6 Å². The number of aromatic nitrogens is 1. The summed E-state index contributed by atoms with van der Waals surface area (Å²) in [5.74, 6) is 0.621. The lowest BCUT2D eigenvalue weighted by molar-refractivity contribution is -0.127. The van der Waals surface area contributed by atoms with Crippen LogP contribution in [0.4, 0.5) is 0 Å². The summed E-state index contributed by atoms with van der Waals surface area (Å²) in [5.41, 5.74) is 1.09. The molecule has 2 N–H and O–H groups in total. The Hall–Kier alpha value is -1.90. The minimum Gasteiger partial charge on any atom is -0.379 e. The first kappa shape index (κ1) is 22.4. The van der Waals surface area contributed by atoms with Crippen molar-refractivity contribution in [2.75, 3.05) is 66.6 Å². The fourth-order valence-electron chi connectivity index (χ4n) is 2.68. The first-order valence-electron chi connectivity index (χ1n) is 9.67. The third-order valence-corrected chi connectivity index (χ3v) is 4.64. The van der Waals surface area contributed by atoms with Crippen molar-refractivity contribution in [2.45, 2.75) is 12.8 Å². The van der Waals surface area contributed by atoms with Gasteiger partial charge in [-0.25, -0.2) is 9.98 Å². The number of carbonyl (C=O) groups excluding carboxylic acids is 1. The van der Waals surface area contributed by atoms with Crippen molar-refractivity contribution < 1.29 is 9.53 Å². The maximum Gasteiger partial charge on any atom is 0.243 e. The molecule has 1 aliphatic rings. The van der Waals surface area contributed by atoms with Crippen molar-refractivity contribution in [1.29, 1.82) is 0 Å². The van der Waals surface area contributed by atoms with Crippen LogP contribution in [0.1, 0.15) is 12.0 Å². The average Bonchev–Trinajstić information content (AvgIpc) is 2.70. The molecule has 0 atom stereocenters. The Labute approximate surface area is 172 Å². The van der Waals surface area contributed by atoms with Crippen molar-refractivity contribution in [3.8, 4) is 0 Å². The lowest BCUT2D eigenvalue weighted by Crippen LogP contribution is -2.41. The molecule has 2 rings (SSSR count). The highest BCUT2D eigenvalue weighted by Crippen LogP contribution is 2.05. The van der Waals surface area contributed by atoms with Crippen LogP contribution in [0.2, 0.25) is 5.15 Å². The summed E-state index contributed by atoms with van der Waals surface area (Å²) >= 11 is 5.82. The SMILES string of the molecule is CN(C)C(=O)CN=C(NCCCN1CCOCC1)NCCc1ccc(Cl)nc1. The summed E-state index contributed by atoms with van der Waals surface area (Å²) in [6.07, 6.45) is 3.57. The number of aliphatic imine (C=N–C) groups is 1. The third-order valence-electron chi connectivity index (χ3n) is 4.41. The van der Waals surface area contributed by atoms with Gasteiger partial charge < -0.3 is 20.3 Å². The van der Waals surface area contributed by atoms with Gasteiger partial charge >= 0.3 is 0 Å². The maximum atomic E-state index is 11.8. The van der Waals surface area contributed by atoms with E-state index in [0.29, 0.717) is 17.7 Å². The number of nitrogens with one attached hydrogen (secondary N) is 2. The van der Waals surface area contributed by atoms with Crippen LogP contribution >= 0.6 is 11.6 Å². The van der Waals surface area contributed by atoms with Crippen molar-refractivity contribution in [1.82, 2.24) is 25.4 Å². The molecule has 0 aliphatic carbocycles. The third kappa shape index (κ3) is 8.86. The molecule has 1 aromatic heterocycles. The predicted octanol–water partition coefficient (Wildman–Crippen LogP) is 0.623. The van der Waals surface area contributed by atoms with E-state index in [9.17, 15) is 4.79 Å². The number of hydrogen-bond donors (Lipinski definition) is 2. The highest BCUT2D eigenvalue weighted by atomic mass is 35.5. The van der Waals surface area contributed by atoms with Crippen molar-refractivity contribution >= 4 is 23.5 Å². The zero-order chi connectivity index (χ0) is 20.2. The minimum atomic E-state index is -0.0312. The summed E-state index contributed by atoms with van der Waals surface area (Å²) in [5, 5.41) is 7.10. The van der Waals surface area contributed by atoms with Gasteiger partial charge in [0, 0.05) is 46.5 Å². The second-order valence-electron chi connectivity index (χ2n) is 6.85. The summed E-state index contributed by atoms with van der Waals surface area (Å²) in [4.78, 5) is 24.3. The number of carbonyl (C=O) groups is 1. The van der Waals surface area contributed by atoms with E-state index in [0.717, 1.165) is 57.8 Å². The van der Waals surface area contributed by atoms with Crippen molar-refractivity contribution in [3.05, 3.63) is 29.0 Å². The predicted molar refractivity (Wildman–Crippen MR) is 112 cm³/mol. The molecule has 28 heavy (non-hydrogen) atoms. The molecule has 1 aromatic rings. The van der Waals surface area contributed by atoms with E-state index in [-0.39, 0.29) is 12.5 Å². The molecule has 0 spiro atoms. The Morgan fingerprint density at radius 3 is 2.71 bits per heavy atom. The van der Waals surface area contributed by atoms with Gasteiger partial charge in [0.05, 0.1) is 13.2 Å². The lowest BCUT2D eigenvalue weighted by atomic mass is 10.2. The van der Waals surface area contributed by atoms with Crippen LogP contribution in [0.25, 0.3) is 0 Å². The second kappa shape index (κ2) is 12.5. The van der Waals surface area contributed by atoms with Gasteiger partial charge in [-0.05, 0) is 31.0 Å². The second-order valence-corrected chi connectivity index (χ2v) is 7.24. The molecular weight excluding hydrogens is 380 g/mol. The van der Waals surface area contributed by atoms with Crippen molar-refractivity contribution in [3.63, 3.8) is 0 Å². The van der Waals surface area contributed by atoms with Gasteiger partial charge in [-0.3, -0.25) is 9.69 Å². The number of guanidine groups is 1. The summed E-state index contributed by atoms with van der Waals surface area (Å²) in [6, 6.07) is 3.74. The van der Waals surface area contributed by atoms with Gasteiger partial charge in [-0.1, -0.05) is 17.7 Å². The van der Waals surface area contributed by atoms with E-state index in [4.69, 9.17) is 16.3 Å². The topological polar surface area (TPSA) is 82.1 Å². The number of amides is 1. The van der Waals surface area contributed by atoms with Gasteiger partial charge in [-0.2, -0.15) is 0 Å². The van der Waals surface area contributed by atoms with Crippen LogP contribution in [-0.2, 0) is 16.0 Å². The number of ether oxygens (including phenoxy) is 1. The van der Waals surface area contributed by atoms with E-state index < -0.39 is 0 Å². The minimum absolute atomic E-state index is 0.0312. The van der Waals surface area contributed by atoms with Crippen molar-refractivity contribution in [2.24, 2.45) is 4.99 Å². The molecule has 0 saturated carbocycles. The first-order chi connectivity index (χ1) is 13.5. The van der Waals surface area contributed by atoms with E-state index in [2.05, 4.69) is 25.5 Å². The fourth-order valence-corrected chi connectivity index (χ4v) is 2.79. The van der Waals surface area contributed by atoms with Gasteiger partial charge in [0.15, 0.2) is 5.96 Å². The molecule has 1 amide bonds. The number of morpholine rings is 1. The van der Waals surface area contributed by atoms with E-state index in [1.54, 1.807) is 31.3 Å². The number of halogens is 1. The number of likely N-dealkylation sites (N-methyl/N-ethyl adjacent to an activating group) is 1. The molecule has 156 valence electrons. The first-order valence-corrected chi connectivity index (χ1v) is 10.1. The molecule has 1 fully saturated rings. The summed E-state index contributed by atoms with van der Waals surface area (Å²) in [7, 11) is 3.46. The largest absolute Gasteiger partial charge is 0.379 e. The number of rotatable bonds is 9. The quantitative estimate of drug-likeness (QED) is 0.269. The highest BCUT2D eigenvalue weighted by molar-refractivity contribution is 6.29. The maximum absolute atomic E-state index is 11.8. The molecule has 0 aromatic carbocycles. The normalized spacial score (nSPS) is 15.3. The Morgan fingerprint density at radius 1 is 1.29 bits per heavy atom. The zero-order valence-electron chi connectivity index (χ0n) is 16.8. The van der Waals surface area contributed by atoms with E-state index in [1.807, 2.05) is 6.07 Å². The molecule has 1 aliphatic heterocycles. The lowest BCUT2D eigenvalue weighted by Gasteiger charge is -2.26. The molecule has 0 radical (unpaired) electrons. The van der Waals surface area contributed by atoms with Crippen LogP contribution in [0.5, 0.6) is 0 Å². The van der Waals surface area contributed by atoms with Gasteiger partial charge in [0.1, 0.15) is 11.7 Å². The molecule has 0 unspecified atom stereocenters. The van der Waals surface area contributed by atoms with Crippen LogP contribution in [0.3, 0.4) is 0 Å². The van der Waals surface area contributed by atoms with Gasteiger partial charge in [-0.15, -0.1) is 0 Å². The van der Waals surface area contributed by atoms with Gasteiger partial charge in [0.2, 0.25) is 5.91 Å². The summed E-state index contributed by atoms with van der Waals surface area (Å²) in [6.45, 7) is 6.24. The molecule has 8 nitrogen and oxygen atoms in total. The summed E-state index contributed by atoms with van der Waals surface area (Å²) < 4.78 is 5.37. The molecule has 2 heterocycles. The Bertz CT molecular complexity index is 617. The standard InChI is InChI=1S/C19H31ClN6O2/c1-25(2)18(27)15-24-19(21-7-3-9-26-10-12-28-13-11-26)22-8-6-16-4-5-17(20)23-14-16/h4-5,14H,3,6-13,15H2,1-2H3,(H2,21,22,24). The Kier molecular flexibility index (Phi) is 10.0. The smallest absolute Gasteiger partial charge is 0.243 e. The molecule has 1 saturated heterocycles. The van der Waals surface area contributed by atoms with E-state index in [1.165, 1.54) is 0 Å². The zero-order valence-corrected chi connectivity index (χ0v) is 17.5. The monoisotopic (exact) mass is 410 g/mol. The Balaban J connectivity index is 1.77. The molecule has 9 heteroatoms. The van der Waals surface area contributed by atoms with Crippen LogP contribution in [0.15, 0.2) is 23.3 Å². The average molecular weight is 411 g/mol.